The van der Waals surface area contributed by atoms with Crippen molar-refractivity contribution >= 4 is 11.6 Å². The number of nitrogens with zero attached hydrogens (tertiary/aromatic N) is 5. The van der Waals surface area contributed by atoms with Crippen LogP contribution in [0.5, 0.6) is 5.75 Å². The zero-order valence-electron chi connectivity index (χ0n) is 18.2. The fourth-order valence-corrected chi connectivity index (χ4v) is 3.32. The van der Waals surface area contributed by atoms with Crippen LogP contribution in [0.25, 0.3) is 16.6 Å². The van der Waals surface area contributed by atoms with Gasteiger partial charge in [-0.15, -0.1) is 0 Å². The predicted molar refractivity (Wildman–Crippen MR) is 115 cm³/mol. The number of rotatable bonds is 1. The summed E-state index contributed by atoms with van der Waals surface area (Å²) in [6, 6.07) is 3.48. The zero-order chi connectivity index (χ0) is 21.7. The molecule has 1 N–H and O–H groups in total. The minimum atomic E-state index is -0.372. The fourth-order valence-electron chi connectivity index (χ4n) is 3.32. The number of ether oxygens (including phenoxy) is 1. The molecule has 1 aliphatic heterocycles. The van der Waals surface area contributed by atoms with E-state index < -0.39 is 0 Å². The summed E-state index contributed by atoms with van der Waals surface area (Å²) < 4.78 is 8.69. The van der Waals surface area contributed by atoms with Crippen LogP contribution in [0, 0.1) is 0 Å². The Balaban J connectivity index is 0.000000173. The molecule has 0 atom stereocenters. The summed E-state index contributed by atoms with van der Waals surface area (Å²) in [4.78, 5) is 13.5. The Morgan fingerprint density at radius 3 is 2.37 bits per heavy atom. The second kappa shape index (κ2) is 9.19. The topological polar surface area (TPSA) is 84.9 Å². The number of likely N-dealkylation sites (tertiary alicyclic amines) is 1. The van der Waals surface area contributed by atoms with E-state index in [-0.39, 0.29) is 17.4 Å². The van der Waals surface area contributed by atoms with Gasteiger partial charge in [-0.25, -0.2) is 9.31 Å². The van der Waals surface area contributed by atoms with E-state index in [0.717, 1.165) is 37.1 Å². The van der Waals surface area contributed by atoms with E-state index in [1.165, 1.54) is 12.8 Å². The molecule has 30 heavy (non-hydrogen) atoms. The van der Waals surface area contributed by atoms with E-state index in [4.69, 9.17) is 4.74 Å². The van der Waals surface area contributed by atoms with Crippen LogP contribution in [0.3, 0.4) is 0 Å². The van der Waals surface area contributed by atoms with Gasteiger partial charge >= 0.3 is 6.09 Å². The summed E-state index contributed by atoms with van der Waals surface area (Å²) in [7, 11) is 1.86. The second-order valence-electron chi connectivity index (χ2n) is 8.56. The number of carbonyl (C=O) groups is 1. The van der Waals surface area contributed by atoms with Crippen molar-refractivity contribution in [3.8, 4) is 16.9 Å². The first-order chi connectivity index (χ1) is 14.2. The standard InChI is InChI=1S/C11H10N4O.C11H21NO2/c1-14-6-9(5-13-14)8-4-11(16)10-2-3-12-15(10)7-8;1-11(2,3)14-10(13)12-8-6-4-5-7-9-12/h2-7,16H,1H3;4-9H2,1-3H3. The molecule has 1 amide bonds. The van der Waals surface area contributed by atoms with Crippen LogP contribution in [0.1, 0.15) is 46.5 Å². The molecule has 0 unspecified atom stereocenters. The summed E-state index contributed by atoms with van der Waals surface area (Å²) in [6.45, 7) is 7.43. The van der Waals surface area contributed by atoms with Gasteiger partial charge in [0, 0.05) is 43.7 Å². The number of aryl methyl sites for hydroxylation is 1. The Hall–Kier alpha value is -3.03. The van der Waals surface area contributed by atoms with Crippen molar-refractivity contribution in [2.45, 2.75) is 52.1 Å². The van der Waals surface area contributed by atoms with Gasteiger partial charge in [0.05, 0.1) is 12.4 Å². The maximum atomic E-state index is 11.7. The van der Waals surface area contributed by atoms with E-state index in [1.807, 2.05) is 45.1 Å². The smallest absolute Gasteiger partial charge is 0.410 e. The van der Waals surface area contributed by atoms with Crippen molar-refractivity contribution in [1.29, 1.82) is 0 Å². The summed E-state index contributed by atoms with van der Waals surface area (Å²) >= 11 is 0. The lowest BCUT2D eigenvalue weighted by Crippen LogP contribution is -2.37. The van der Waals surface area contributed by atoms with Gasteiger partial charge in [0.15, 0.2) is 0 Å². The van der Waals surface area contributed by atoms with Crippen molar-refractivity contribution in [3.63, 3.8) is 0 Å². The average Bonchev–Trinajstić information content (AvgIpc) is 3.22. The van der Waals surface area contributed by atoms with Gasteiger partial charge in [-0.05, 0) is 45.7 Å². The largest absolute Gasteiger partial charge is 0.506 e. The van der Waals surface area contributed by atoms with Gasteiger partial charge in [-0.2, -0.15) is 10.2 Å². The molecule has 1 saturated heterocycles. The van der Waals surface area contributed by atoms with Crippen molar-refractivity contribution in [3.05, 3.63) is 36.9 Å². The number of aromatic nitrogens is 4. The van der Waals surface area contributed by atoms with E-state index in [0.29, 0.717) is 5.52 Å². The van der Waals surface area contributed by atoms with Gasteiger partial charge in [-0.1, -0.05) is 12.8 Å². The third-order valence-electron chi connectivity index (χ3n) is 4.78. The van der Waals surface area contributed by atoms with E-state index >= 15 is 0 Å². The Morgan fingerprint density at radius 2 is 1.77 bits per heavy atom. The maximum absolute atomic E-state index is 11.7. The minimum absolute atomic E-state index is 0.153. The van der Waals surface area contributed by atoms with E-state index in [1.54, 1.807) is 33.7 Å². The number of carbonyl (C=O) groups excluding carboxylic acids is 1. The van der Waals surface area contributed by atoms with Crippen LogP contribution >= 0.6 is 0 Å². The summed E-state index contributed by atoms with van der Waals surface area (Å²) in [5, 5.41) is 18.0. The van der Waals surface area contributed by atoms with E-state index in [2.05, 4.69) is 10.2 Å². The van der Waals surface area contributed by atoms with Crippen LogP contribution in [0.2, 0.25) is 0 Å². The third kappa shape index (κ3) is 5.75. The fraction of sp³-hybridized carbons (Fsp3) is 0.500. The summed E-state index contributed by atoms with van der Waals surface area (Å²) in [5.41, 5.74) is 2.17. The molecule has 3 aromatic heterocycles. The van der Waals surface area contributed by atoms with Crippen molar-refractivity contribution in [2.24, 2.45) is 7.05 Å². The molecule has 0 saturated carbocycles. The Morgan fingerprint density at radius 1 is 1.07 bits per heavy atom. The summed E-state index contributed by atoms with van der Waals surface area (Å²) in [6.07, 6.45) is 11.7. The van der Waals surface area contributed by atoms with E-state index in [9.17, 15) is 9.90 Å². The molecule has 4 rings (SSSR count). The summed E-state index contributed by atoms with van der Waals surface area (Å²) in [5.74, 6) is 0.221. The molecular weight excluding hydrogens is 382 g/mol. The Bertz CT molecular complexity index is 978. The van der Waals surface area contributed by atoms with Crippen LogP contribution in [0.4, 0.5) is 4.79 Å². The Kier molecular flexibility index (Phi) is 6.64. The maximum Gasteiger partial charge on any atom is 0.410 e. The Labute approximate surface area is 177 Å². The lowest BCUT2D eigenvalue weighted by Gasteiger charge is -2.26. The van der Waals surface area contributed by atoms with Crippen molar-refractivity contribution in [1.82, 2.24) is 24.3 Å². The average molecular weight is 414 g/mol. The minimum Gasteiger partial charge on any atom is -0.506 e. The molecule has 162 valence electrons. The first-order valence-corrected chi connectivity index (χ1v) is 10.4. The van der Waals surface area contributed by atoms with Crippen molar-refractivity contribution in [2.75, 3.05) is 13.1 Å². The molecule has 0 spiro atoms. The highest BCUT2D eigenvalue weighted by atomic mass is 16.6. The number of aromatic hydroxyl groups is 1. The number of fused-ring (bicyclic) bond motifs is 1. The molecule has 0 aliphatic carbocycles. The molecule has 1 aliphatic rings. The SMILES string of the molecule is CC(C)(C)OC(=O)N1CCCCCC1.Cn1cc(-c2cc(O)c3ccnn3c2)cn1. The second-order valence-corrected chi connectivity index (χ2v) is 8.56. The first kappa shape index (κ1) is 21.7. The molecule has 3 aromatic rings. The molecule has 8 heteroatoms. The van der Waals surface area contributed by atoms with Gasteiger partial charge in [0.25, 0.3) is 0 Å². The molecule has 8 nitrogen and oxygen atoms in total. The normalized spacial score (nSPS) is 14.7. The first-order valence-electron chi connectivity index (χ1n) is 10.4. The van der Waals surface area contributed by atoms with Crippen molar-refractivity contribution < 1.29 is 14.6 Å². The highest BCUT2D eigenvalue weighted by molar-refractivity contribution is 5.69. The monoisotopic (exact) mass is 413 g/mol. The van der Waals surface area contributed by atoms with Gasteiger partial charge < -0.3 is 14.7 Å². The van der Waals surface area contributed by atoms with Gasteiger partial charge in [0.2, 0.25) is 0 Å². The van der Waals surface area contributed by atoms with Crippen LogP contribution in [0.15, 0.2) is 36.9 Å². The quantitative estimate of drug-likeness (QED) is 0.645. The number of hydrogen-bond acceptors (Lipinski definition) is 5. The number of hydrogen-bond donors (Lipinski definition) is 1. The van der Waals surface area contributed by atoms with Gasteiger partial charge in [-0.3, -0.25) is 4.68 Å². The number of amides is 1. The highest BCUT2D eigenvalue weighted by Gasteiger charge is 2.22. The molecule has 0 bridgehead atoms. The molecular formula is C22H31N5O3. The third-order valence-corrected chi connectivity index (χ3v) is 4.78. The molecule has 4 heterocycles. The molecule has 1 fully saturated rings. The van der Waals surface area contributed by atoms with Crippen LogP contribution in [-0.4, -0.2) is 54.2 Å². The lowest BCUT2D eigenvalue weighted by molar-refractivity contribution is 0.0257. The lowest BCUT2D eigenvalue weighted by atomic mass is 10.1. The van der Waals surface area contributed by atoms with Crippen LogP contribution in [-0.2, 0) is 11.8 Å². The zero-order valence-corrected chi connectivity index (χ0v) is 18.2. The number of pyridine rings is 1. The highest BCUT2D eigenvalue weighted by Crippen LogP contribution is 2.26. The molecule has 0 radical (unpaired) electrons. The van der Waals surface area contributed by atoms with Crippen LogP contribution < -0.4 is 0 Å². The van der Waals surface area contributed by atoms with Gasteiger partial charge in [0.1, 0.15) is 16.9 Å². The predicted octanol–water partition coefficient (Wildman–Crippen LogP) is 4.24. The molecule has 0 aromatic carbocycles.